The molecule has 0 bridgehead atoms. The molecule has 8 heteroatoms. The highest BCUT2D eigenvalue weighted by Gasteiger charge is 2.23. The number of ether oxygens (including phenoxy) is 3. The first kappa shape index (κ1) is 23.0. The van der Waals surface area contributed by atoms with Crippen LogP contribution >= 0.6 is 11.3 Å². The van der Waals surface area contributed by atoms with Crippen molar-refractivity contribution >= 4 is 34.2 Å². The van der Waals surface area contributed by atoms with Crippen molar-refractivity contribution in [2.45, 2.75) is 13.8 Å². The fraction of sp³-hybridized carbons (Fsp3) is 0.208. The number of benzene rings is 2. The van der Waals surface area contributed by atoms with E-state index in [1.165, 1.54) is 24.5 Å². The molecule has 1 aromatic heterocycles. The van der Waals surface area contributed by atoms with Crippen LogP contribution in [0.4, 0.5) is 5.00 Å². The third-order valence-corrected chi connectivity index (χ3v) is 5.42. The monoisotopic (exact) mass is 453 g/mol. The predicted octanol–water partition coefficient (Wildman–Crippen LogP) is 4.70. The summed E-state index contributed by atoms with van der Waals surface area (Å²) in [6.45, 7) is 3.39. The van der Waals surface area contributed by atoms with Gasteiger partial charge in [-0.15, -0.1) is 11.3 Å². The van der Waals surface area contributed by atoms with Crippen LogP contribution in [0.15, 0.2) is 53.9 Å². The van der Waals surface area contributed by atoms with Crippen molar-refractivity contribution in [3.63, 3.8) is 0 Å². The number of methoxy groups -OCH3 is 1. The summed E-state index contributed by atoms with van der Waals surface area (Å²) < 4.78 is 15.4. The average molecular weight is 454 g/mol. The van der Waals surface area contributed by atoms with Gasteiger partial charge in [0.2, 0.25) is 0 Å². The Balaban J connectivity index is 1.74. The van der Waals surface area contributed by atoms with Gasteiger partial charge in [-0.3, -0.25) is 4.79 Å². The summed E-state index contributed by atoms with van der Waals surface area (Å²) in [5.74, 6) is -1.25. The summed E-state index contributed by atoms with van der Waals surface area (Å²) in [4.78, 5) is 37.3. The first-order chi connectivity index (χ1) is 15.4. The van der Waals surface area contributed by atoms with Gasteiger partial charge >= 0.3 is 11.9 Å². The molecule has 166 valence electrons. The van der Waals surface area contributed by atoms with Crippen LogP contribution in [0.25, 0.3) is 11.1 Å². The molecule has 0 radical (unpaired) electrons. The van der Waals surface area contributed by atoms with E-state index in [2.05, 4.69) is 5.32 Å². The highest BCUT2D eigenvalue weighted by molar-refractivity contribution is 7.15. The lowest BCUT2D eigenvalue weighted by Crippen LogP contribution is -2.21. The van der Waals surface area contributed by atoms with E-state index in [0.717, 1.165) is 11.1 Å². The predicted molar refractivity (Wildman–Crippen MR) is 122 cm³/mol. The van der Waals surface area contributed by atoms with E-state index in [1.807, 2.05) is 31.2 Å². The van der Waals surface area contributed by atoms with Crippen molar-refractivity contribution in [1.29, 1.82) is 0 Å². The number of anilines is 1. The lowest BCUT2D eigenvalue weighted by atomic mass is 10.0. The average Bonchev–Trinajstić information content (AvgIpc) is 3.21. The van der Waals surface area contributed by atoms with Crippen LogP contribution in [0.3, 0.4) is 0 Å². The Morgan fingerprint density at radius 1 is 1.00 bits per heavy atom. The van der Waals surface area contributed by atoms with Gasteiger partial charge in [0.05, 0.1) is 19.3 Å². The molecule has 1 amide bonds. The fourth-order valence-corrected chi connectivity index (χ4v) is 3.90. The first-order valence-corrected chi connectivity index (χ1v) is 10.8. The third kappa shape index (κ3) is 5.53. The minimum Gasteiger partial charge on any atom is -0.497 e. The molecular formula is C24H23NO6S. The van der Waals surface area contributed by atoms with E-state index >= 15 is 0 Å². The minimum absolute atomic E-state index is 0.202. The first-order valence-electron chi connectivity index (χ1n) is 9.89. The highest BCUT2D eigenvalue weighted by Crippen LogP contribution is 2.36. The second-order valence-electron chi connectivity index (χ2n) is 6.80. The second kappa shape index (κ2) is 10.6. The Kier molecular flexibility index (Phi) is 7.62. The zero-order valence-corrected chi connectivity index (χ0v) is 18.8. The van der Waals surface area contributed by atoms with Crippen molar-refractivity contribution in [3.8, 4) is 16.9 Å². The van der Waals surface area contributed by atoms with E-state index in [1.54, 1.807) is 30.5 Å². The normalized spacial score (nSPS) is 10.3. The molecule has 1 N–H and O–H groups in total. The molecule has 0 aliphatic carbocycles. The molecule has 0 saturated carbocycles. The Morgan fingerprint density at radius 2 is 1.75 bits per heavy atom. The SMILES string of the molecule is CCOC(=O)c1c(-c2ccc(C)cc2)csc1NC(=O)COC(=O)c1cccc(OC)c1. The summed E-state index contributed by atoms with van der Waals surface area (Å²) in [7, 11) is 1.49. The highest BCUT2D eigenvalue weighted by atomic mass is 32.1. The van der Waals surface area contributed by atoms with Crippen LogP contribution in [0.5, 0.6) is 5.75 Å². The number of rotatable bonds is 8. The van der Waals surface area contributed by atoms with E-state index < -0.39 is 24.5 Å². The summed E-state index contributed by atoms with van der Waals surface area (Å²) >= 11 is 1.20. The van der Waals surface area contributed by atoms with E-state index in [0.29, 0.717) is 16.3 Å². The lowest BCUT2D eigenvalue weighted by molar-refractivity contribution is -0.119. The van der Waals surface area contributed by atoms with Crippen molar-refractivity contribution in [1.82, 2.24) is 0 Å². The summed E-state index contributed by atoms with van der Waals surface area (Å²) in [6, 6.07) is 14.1. The number of hydrogen-bond acceptors (Lipinski definition) is 7. The molecule has 0 unspecified atom stereocenters. The van der Waals surface area contributed by atoms with Gasteiger partial charge in [0, 0.05) is 10.9 Å². The van der Waals surface area contributed by atoms with E-state index in [4.69, 9.17) is 14.2 Å². The molecule has 0 atom stereocenters. The van der Waals surface area contributed by atoms with Gasteiger partial charge in [-0.05, 0) is 37.6 Å². The smallest absolute Gasteiger partial charge is 0.341 e. The van der Waals surface area contributed by atoms with Gasteiger partial charge in [-0.25, -0.2) is 9.59 Å². The standard InChI is InChI=1S/C24H23NO6S/c1-4-30-24(28)21-19(16-10-8-15(2)9-11-16)14-32-22(21)25-20(26)13-31-23(27)17-6-5-7-18(12-17)29-3/h5-12,14H,4,13H2,1-3H3,(H,25,26). The van der Waals surface area contributed by atoms with Gasteiger partial charge in [0.1, 0.15) is 16.3 Å². The minimum atomic E-state index is -0.656. The van der Waals surface area contributed by atoms with Crippen LogP contribution in [-0.4, -0.2) is 38.2 Å². The zero-order valence-electron chi connectivity index (χ0n) is 18.0. The van der Waals surface area contributed by atoms with Crippen LogP contribution in [0, 0.1) is 6.92 Å². The summed E-state index contributed by atoms with van der Waals surface area (Å²) in [5, 5.41) is 4.78. The topological polar surface area (TPSA) is 90.9 Å². The molecule has 2 aromatic carbocycles. The number of amides is 1. The maximum atomic E-state index is 12.6. The van der Waals surface area contributed by atoms with Gasteiger partial charge in [0.25, 0.3) is 5.91 Å². The number of carbonyl (C=O) groups is 3. The second-order valence-corrected chi connectivity index (χ2v) is 7.68. The number of nitrogens with one attached hydrogen (secondary N) is 1. The summed E-state index contributed by atoms with van der Waals surface area (Å²) in [5.41, 5.74) is 3.13. The molecule has 0 aliphatic rings. The number of aryl methyl sites for hydroxylation is 1. The molecule has 1 heterocycles. The number of carbonyl (C=O) groups excluding carboxylic acids is 3. The number of esters is 2. The van der Waals surface area contributed by atoms with Crippen molar-refractivity contribution in [2.24, 2.45) is 0 Å². The Bertz CT molecular complexity index is 1120. The maximum absolute atomic E-state index is 12.6. The van der Waals surface area contributed by atoms with Gasteiger partial charge in [-0.1, -0.05) is 35.9 Å². The molecular weight excluding hydrogens is 430 g/mol. The molecule has 3 aromatic rings. The quantitative estimate of drug-likeness (QED) is 0.497. The Labute approximate surface area is 189 Å². The van der Waals surface area contributed by atoms with Gasteiger partial charge in [-0.2, -0.15) is 0 Å². The number of hydrogen-bond donors (Lipinski definition) is 1. The largest absolute Gasteiger partial charge is 0.497 e. The third-order valence-electron chi connectivity index (χ3n) is 4.53. The molecule has 0 fully saturated rings. The van der Waals surface area contributed by atoms with Crippen LogP contribution in [0.1, 0.15) is 33.2 Å². The number of thiophene rings is 1. The van der Waals surface area contributed by atoms with Crippen LogP contribution in [-0.2, 0) is 14.3 Å². The molecule has 0 spiro atoms. The molecule has 0 aliphatic heterocycles. The van der Waals surface area contributed by atoms with E-state index in [-0.39, 0.29) is 17.7 Å². The van der Waals surface area contributed by atoms with Crippen molar-refractivity contribution < 1.29 is 28.6 Å². The van der Waals surface area contributed by atoms with Crippen molar-refractivity contribution in [2.75, 3.05) is 25.6 Å². The van der Waals surface area contributed by atoms with Crippen LogP contribution in [0.2, 0.25) is 0 Å². The Morgan fingerprint density at radius 3 is 2.44 bits per heavy atom. The molecule has 32 heavy (non-hydrogen) atoms. The fourth-order valence-electron chi connectivity index (χ4n) is 2.93. The van der Waals surface area contributed by atoms with Gasteiger partial charge in [0.15, 0.2) is 6.61 Å². The molecule has 7 nitrogen and oxygen atoms in total. The van der Waals surface area contributed by atoms with Gasteiger partial charge < -0.3 is 19.5 Å². The summed E-state index contributed by atoms with van der Waals surface area (Å²) in [6.07, 6.45) is 0. The molecule has 3 rings (SSSR count). The van der Waals surface area contributed by atoms with Crippen LogP contribution < -0.4 is 10.1 Å². The molecule has 0 saturated heterocycles. The Hall–Kier alpha value is -3.65. The lowest BCUT2D eigenvalue weighted by Gasteiger charge is -2.10. The van der Waals surface area contributed by atoms with E-state index in [9.17, 15) is 14.4 Å². The maximum Gasteiger partial charge on any atom is 0.341 e. The van der Waals surface area contributed by atoms with Crippen molar-refractivity contribution in [3.05, 3.63) is 70.6 Å². The zero-order chi connectivity index (χ0) is 23.1.